The summed E-state index contributed by atoms with van der Waals surface area (Å²) >= 11 is 0. The van der Waals surface area contributed by atoms with E-state index in [4.69, 9.17) is 15.1 Å². The Balaban J connectivity index is 1.04. The second-order valence-corrected chi connectivity index (χ2v) is 17.7. The van der Waals surface area contributed by atoms with E-state index in [0.717, 1.165) is 102 Å². The molecular formula is C63H44N4. The van der Waals surface area contributed by atoms with Crippen LogP contribution in [-0.4, -0.2) is 19.6 Å². The molecule has 0 fully saturated rings. The zero-order chi connectivity index (χ0) is 44.3. The predicted octanol–water partition coefficient (Wildman–Crippen LogP) is 16.0. The van der Waals surface area contributed by atoms with Gasteiger partial charge in [0.05, 0.1) is 22.6 Å². The Hall–Kier alpha value is -8.47. The van der Waals surface area contributed by atoms with Crippen LogP contribution in [0.1, 0.15) is 41.5 Å². The van der Waals surface area contributed by atoms with Gasteiger partial charge in [-0.15, -0.1) is 0 Å². The minimum Gasteiger partial charge on any atom is -0.231 e. The van der Waals surface area contributed by atoms with E-state index >= 15 is 0 Å². The van der Waals surface area contributed by atoms with Crippen molar-refractivity contribution in [1.29, 1.82) is 0 Å². The first-order valence-electron chi connectivity index (χ1n) is 23.3. The van der Waals surface area contributed by atoms with Crippen LogP contribution < -0.4 is 0 Å². The van der Waals surface area contributed by atoms with E-state index in [-0.39, 0.29) is 5.92 Å². The summed E-state index contributed by atoms with van der Waals surface area (Å²) in [6.45, 7) is 0. The molecule has 2 unspecified atom stereocenters. The molecular weight excluding hydrogens is 813 g/mol. The second kappa shape index (κ2) is 16.2. The highest BCUT2D eigenvalue weighted by molar-refractivity contribution is 6.15. The number of nitrogens with zero attached hydrogens (tertiary/aromatic N) is 4. The van der Waals surface area contributed by atoms with Crippen LogP contribution in [0.2, 0.25) is 0 Å². The minimum absolute atomic E-state index is 0.286. The first-order valence-corrected chi connectivity index (χ1v) is 23.3. The van der Waals surface area contributed by atoms with Gasteiger partial charge >= 0.3 is 0 Å². The van der Waals surface area contributed by atoms with Crippen molar-refractivity contribution in [2.45, 2.75) is 24.7 Å². The van der Waals surface area contributed by atoms with Crippen molar-refractivity contribution >= 4 is 21.9 Å². The van der Waals surface area contributed by atoms with E-state index in [1.807, 2.05) is 6.07 Å². The summed E-state index contributed by atoms with van der Waals surface area (Å²) in [5.41, 5.74) is 20.0. The van der Waals surface area contributed by atoms with Crippen molar-refractivity contribution < 1.29 is 0 Å². The van der Waals surface area contributed by atoms with Crippen molar-refractivity contribution in [1.82, 2.24) is 19.6 Å². The molecule has 0 saturated heterocycles. The predicted molar refractivity (Wildman–Crippen MR) is 276 cm³/mol. The molecule has 0 amide bonds. The molecule has 4 heteroatoms. The summed E-state index contributed by atoms with van der Waals surface area (Å²) in [6.07, 6.45) is 17.9. The Bertz CT molecular complexity index is 3670. The Morgan fingerprint density at radius 3 is 1.78 bits per heavy atom. The van der Waals surface area contributed by atoms with E-state index in [1.165, 1.54) is 22.3 Å². The third kappa shape index (κ3) is 6.63. The lowest BCUT2D eigenvalue weighted by molar-refractivity contribution is 0.720. The van der Waals surface area contributed by atoms with Gasteiger partial charge < -0.3 is 0 Å². The van der Waals surface area contributed by atoms with Gasteiger partial charge in [-0.1, -0.05) is 218 Å². The number of rotatable bonds is 7. The number of benzene rings is 7. The number of hydrogen-bond acceptors (Lipinski definition) is 3. The van der Waals surface area contributed by atoms with Gasteiger partial charge in [0.2, 0.25) is 0 Å². The van der Waals surface area contributed by atoms with Gasteiger partial charge in [-0.2, -0.15) is 5.10 Å². The Kier molecular flexibility index (Phi) is 9.42. The molecule has 3 heterocycles. The lowest BCUT2D eigenvalue weighted by Crippen LogP contribution is -2.16. The van der Waals surface area contributed by atoms with E-state index in [2.05, 4.69) is 229 Å². The van der Waals surface area contributed by atoms with Crippen molar-refractivity contribution in [3.8, 4) is 78.5 Å². The van der Waals surface area contributed by atoms with E-state index in [9.17, 15) is 0 Å². The molecule has 3 aliphatic rings. The average molecular weight is 857 g/mol. The van der Waals surface area contributed by atoms with Gasteiger partial charge in [-0.3, -0.25) is 0 Å². The molecule has 10 aromatic rings. The van der Waals surface area contributed by atoms with Crippen molar-refractivity contribution in [2.75, 3.05) is 0 Å². The summed E-state index contributed by atoms with van der Waals surface area (Å²) in [4.78, 5) is 10.4. The zero-order valence-corrected chi connectivity index (χ0v) is 36.8. The van der Waals surface area contributed by atoms with Gasteiger partial charge in [-0.25, -0.2) is 14.5 Å². The van der Waals surface area contributed by atoms with Gasteiger partial charge in [-0.05, 0) is 69.3 Å². The van der Waals surface area contributed by atoms with Gasteiger partial charge in [0, 0.05) is 50.6 Å². The first kappa shape index (κ1) is 38.9. The van der Waals surface area contributed by atoms with Crippen LogP contribution in [0, 0.1) is 0 Å². The lowest BCUT2D eigenvalue weighted by atomic mass is 9.69. The topological polar surface area (TPSA) is 43.1 Å². The molecule has 3 aliphatic carbocycles. The Labute approximate surface area is 390 Å². The Morgan fingerprint density at radius 1 is 0.448 bits per heavy atom. The molecule has 13 rings (SSSR count). The molecule has 67 heavy (non-hydrogen) atoms. The molecule has 2 atom stereocenters. The number of hydrogen-bond donors (Lipinski definition) is 0. The molecule has 3 aromatic heterocycles. The summed E-state index contributed by atoms with van der Waals surface area (Å²) in [5.74, 6) is 1.31. The SMILES string of the molecule is C1=CC2c3ccccc3-c3cc(-c4nn5c(-c6ccccc6)c(-c6ccc(-c7nc(C8=CCCC=C8)cc(-c8ccccc8)n7)cc6)c6ccccc6c5c4-c4ccccc4)ccc3C2C=C1. The maximum absolute atomic E-state index is 5.78. The van der Waals surface area contributed by atoms with Crippen molar-refractivity contribution in [3.05, 3.63) is 247 Å². The lowest BCUT2D eigenvalue weighted by Gasteiger charge is -2.34. The highest BCUT2D eigenvalue weighted by atomic mass is 15.2. The van der Waals surface area contributed by atoms with Crippen LogP contribution in [0.15, 0.2) is 231 Å². The fourth-order valence-electron chi connectivity index (χ4n) is 10.7. The molecule has 316 valence electrons. The molecule has 0 saturated carbocycles. The molecule has 0 aliphatic heterocycles. The van der Waals surface area contributed by atoms with Gasteiger partial charge in [0.15, 0.2) is 5.82 Å². The molecule has 0 N–H and O–H groups in total. The average Bonchev–Trinajstić information content (AvgIpc) is 3.82. The quantitative estimate of drug-likeness (QED) is 0.160. The normalized spacial score (nSPS) is 15.9. The number of pyridine rings is 1. The summed E-state index contributed by atoms with van der Waals surface area (Å²) in [7, 11) is 0. The fourth-order valence-corrected chi connectivity index (χ4v) is 10.7. The largest absolute Gasteiger partial charge is 0.231 e. The standard InChI is InChI=1S/C63H44N4/c1-5-19-41(20-6-1)56-40-57(42-21-7-2-8-22-42)65-63(64-56)46-35-33-44(34-36-46)58-53-31-17-18-32-54(53)62-59(43-23-9-3-10-24-43)60(66-67(62)61(58)45-25-11-4-12-26-45)47-37-38-52-50-29-14-13-27-48(50)49-28-15-16-30-51(49)55(52)39-47/h1,3-7,9-40,48,50H,2,8H2. The monoisotopic (exact) mass is 856 g/mol. The van der Waals surface area contributed by atoms with Crippen molar-refractivity contribution in [3.63, 3.8) is 0 Å². The maximum atomic E-state index is 5.78. The van der Waals surface area contributed by atoms with Crippen molar-refractivity contribution in [2.24, 2.45) is 0 Å². The van der Waals surface area contributed by atoms with Crippen LogP contribution in [0.5, 0.6) is 0 Å². The number of allylic oxidation sites excluding steroid dienone is 8. The summed E-state index contributed by atoms with van der Waals surface area (Å²) in [5, 5.41) is 8.08. The summed E-state index contributed by atoms with van der Waals surface area (Å²) < 4.78 is 2.24. The highest BCUT2D eigenvalue weighted by Gasteiger charge is 2.33. The van der Waals surface area contributed by atoms with E-state index < -0.39 is 0 Å². The Morgan fingerprint density at radius 2 is 1.04 bits per heavy atom. The maximum Gasteiger partial charge on any atom is 0.160 e. The molecule has 4 nitrogen and oxygen atoms in total. The zero-order valence-electron chi connectivity index (χ0n) is 36.8. The molecule has 0 spiro atoms. The number of aromatic nitrogens is 4. The van der Waals surface area contributed by atoms with Gasteiger partial charge in [0.25, 0.3) is 0 Å². The smallest absolute Gasteiger partial charge is 0.160 e. The van der Waals surface area contributed by atoms with E-state index in [1.54, 1.807) is 0 Å². The van der Waals surface area contributed by atoms with E-state index in [0.29, 0.717) is 11.7 Å². The third-order valence-corrected chi connectivity index (χ3v) is 13.8. The molecule has 0 radical (unpaired) electrons. The highest BCUT2D eigenvalue weighted by Crippen LogP contribution is 2.52. The first-order chi connectivity index (χ1) is 33.2. The summed E-state index contributed by atoms with van der Waals surface area (Å²) in [6, 6.07) is 67.8. The van der Waals surface area contributed by atoms with Crippen LogP contribution in [0.3, 0.4) is 0 Å². The van der Waals surface area contributed by atoms with Crippen LogP contribution in [0.4, 0.5) is 0 Å². The second-order valence-electron chi connectivity index (χ2n) is 17.7. The van der Waals surface area contributed by atoms with Gasteiger partial charge in [0.1, 0.15) is 5.69 Å². The molecule has 0 bridgehead atoms. The number of fused-ring (bicyclic) bond motifs is 9. The minimum atomic E-state index is 0.286. The molecule has 7 aromatic carbocycles. The van der Waals surface area contributed by atoms with Crippen LogP contribution in [0.25, 0.3) is 100 Å². The van der Waals surface area contributed by atoms with Crippen LogP contribution in [-0.2, 0) is 0 Å². The van der Waals surface area contributed by atoms with Crippen LogP contribution >= 0.6 is 0 Å². The third-order valence-electron chi connectivity index (χ3n) is 13.8. The fraction of sp³-hybridized carbons (Fsp3) is 0.0635.